The van der Waals surface area contributed by atoms with Gasteiger partial charge in [0.25, 0.3) is 0 Å². The minimum atomic E-state index is -0.479. The first-order valence-electron chi connectivity index (χ1n) is 4.54. The lowest BCUT2D eigenvalue weighted by molar-refractivity contribution is -0.390. The highest BCUT2D eigenvalue weighted by Crippen LogP contribution is 2.14. The number of nitro groups is 1. The summed E-state index contributed by atoms with van der Waals surface area (Å²) in [6.07, 6.45) is 1.65. The van der Waals surface area contributed by atoms with Crippen molar-refractivity contribution in [2.24, 2.45) is 0 Å². The lowest BCUT2D eigenvalue weighted by Crippen LogP contribution is -2.14. The van der Waals surface area contributed by atoms with E-state index in [-0.39, 0.29) is 5.82 Å². The maximum atomic E-state index is 10.5. The van der Waals surface area contributed by atoms with Crippen molar-refractivity contribution >= 4 is 5.82 Å². The Morgan fingerprint density at radius 2 is 2.47 bits per heavy atom. The fourth-order valence-electron chi connectivity index (χ4n) is 1.31. The van der Waals surface area contributed by atoms with E-state index in [4.69, 9.17) is 0 Å². The molecule has 1 N–H and O–H groups in total. The summed E-state index contributed by atoms with van der Waals surface area (Å²) in [5, 5.41) is 17.4. The molecule has 0 bridgehead atoms. The second-order valence-electron chi connectivity index (χ2n) is 3.37. The van der Waals surface area contributed by atoms with Crippen molar-refractivity contribution in [1.82, 2.24) is 15.1 Å². The van der Waals surface area contributed by atoms with Gasteiger partial charge in [-0.1, -0.05) is 6.58 Å². The molecule has 1 heterocycles. The molecule has 1 rings (SSSR count). The van der Waals surface area contributed by atoms with Crippen molar-refractivity contribution < 1.29 is 4.92 Å². The summed E-state index contributed by atoms with van der Waals surface area (Å²) < 4.78 is 1.53. The van der Waals surface area contributed by atoms with Crippen molar-refractivity contribution in [2.45, 2.75) is 13.5 Å². The van der Waals surface area contributed by atoms with Gasteiger partial charge in [0.05, 0.1) is 23.4 Å². The van der Waals surface area contributed by atoms with Gasteiger partial charge in [-0.2, -0.15) is 4.68 Å². The highest BCUT2D eigenvalue weighted by molar-refractivity contribution is 5.28. The predicted octanol–water partition coefficient (Wildman–Crippen LogP) is 0.875. The average molecular weight is 210 g/mol. The molecule has 0 unspecified atom stereocenters. The van der Waals surface area contributed by atoms with E-state index < -0.39 is 4.92 Å². The summed E-state index contributed by atoms with van der Waals surface area (Å²) in [6.45, 7) is 6.67. The molecule has 0 atom stereocenters. The van der Waals surface area contributed by atoms with Crippen molar-refractivity contribution in [3.63, 3.8) is 0 Å². The molecule has 1 aromatic heterocycles. The zero-order valence-corrected chi connectivity index (χ0v) is 8.86. The van der Waals surface area contributed by atoms with Crippen molar-refractivity contribution in [3.8, 4) is 0 Å². The molecule has 1 aromatic rings. The molecule has 0 amide bonds. The maximum Gasteiger partial charge on any atom is 0.392 e. The van der Waals surface area contributed by atoms with E-state index in [1.165, 1.54) is 4.68 Å². The van der Waals surface area contributed by atoms with Crippen LogP contribution in [0.5, 0.6) is 0 Å². The zero-order valence-electron chi connectivity index (χ0n) is 8.86. The molecule has 0 aliphatic carbocycles. The Morgan fingerprint density at radius 1 is 1.80 bits per heavy atom. The van der Waals surface area contributed by atoms with Crippen molar-refractivity contribution in [2.75, 3.05) is 13.6 Å². The molecule has 0 spiro atoms. The molecule has 0 fully saturated rings. The molecule has 0 aliphatic rings. The smallest absolute Gasteiger partial charge is 0.358 e. The summed E-state index contributed by atoms with van der Waals surface area (Å²) >= 11 is 0. The van der Waals surface area contributed by atoms with Gasteiger partial charge < -0.3 is 15.4 Å². The Morgan fingerprint density at radius 3 is 2.93 bits per heavy atom. The van der Waals surface area contributed by atoms with Crippen LogP contribution < -0.4 is 5.32 Å². The Hall–Kier alpha value is -1.69. The number of nitrogens with zero attached hydrogens (tertiary/aromatic N) is 3. The fourth-order valence-corrected chi connectivity index (χ4v) is 1.31. The number of rotatable bonds is 5. The van der Waals surface area contributed by atoms with Gasteiger partial charge in [0, 0.05) is 6.54 Å². The number of likely N-dealkylation sites (N-methyl/N-ethyl adjacent to an activating group) is 1. The normalized spacial score (nSPS) is 10.3. The van der Waals surface area contributed by atoms with E-state index in [0.717, 1.165) is 5.57 Å². The van der Waals surface area contributed by atoms with E-state index in [9.17, 15) is 10.1 Å². The Kier molecular flexibility index (Phi) is 3.56. The second-order valence-corrected chi connectivity index (χ2v) is 3.37. The molecule has 0 aliphatic heterocycles. The quantitative estimate of drug-likeness (QED) is 0.444. The van der Waals surface area contributed by atoms with Crippen LogP contribution >= 0.6 is 0 Å². The van der Waals surface area contributed by atoms with Crippen LogP contribution in [0, 0.1) is 17.0 Å². The summed E-state index contributed by atoms with van der Waals surface area (Å²) in [5.74, 6) is -0.0905. The standard InChI is InChI=1S/C9H14N4O2/c1-7(4-10-3)5-12-6-8(2)9(11-12)13(14)15/h6,10H,1,4-5H2,2-3H3. The summed E-state index contributed by atoms with van der Waals surface area (Å²) in [7, 11) is 1.82. The van der Waals surface area contributed by atoms with Crippen LogP contribution in [0.3, 0.4) is 0 Å². The average Bonchev–Trinajstić information content (AvgIpc) is 2.47. The van der Waals surface area contributed by atoms with Gasteiger partial charge in [-0.05, 0) is 24.5 Å². The van der Waals surface area contributed by atoms with Gasteiger partial charge in [-0.3, -0.25) is 0 Å². The molecule has 0 aromatic carbocycles. The third kappa shape index (κ3) is 2.88. The van der Waals surface area contributed by atoms with Crippen LogP contribution in [0.4, 0.5) is 5.82 Å². The molecular weight excluding hydrogens is 196 g/mol. The number of aryl methyl sites for hydroxylation is 1. The van der Waals surface area contributed by atoms with Crippen LogP contribution in [0.1, 0.15) is 5.56 Å². The largest absolute Gasteiger partial charge is 0.392 e. The van der Waals surface area contributed by atoms with E-state index in [1.54, 1.807) is 13.1 Å². The highest BCUT2D eigenvalue weighted by Gasteiger charge is 2.16. The molecule has 6 heteroatoms. The summed E-state index contributed by atoms with van der Waals surface area (Å²) in [5.41, 5.74) is 1.49. The lowest BCUT2D eigenvalue weighted by atomic mass is 10.3. The minimum absolute atomic E-state index is 0.0905. The summed E-state index contributed by atoms with van der Waals surface area (Å²) in [4.78, 5) is 10.1. The van der Waals surface area contributed by atoms with Gasteiger partial charge in [0.2, 0.25) is 0 Å². The third-order valence-electron chi connectivity index (χ3n) is 1.90. The molecule has 0 saturated heterocycles. The zero-order chi connectivity index (χ0) is 11.4. The van der Waals surface area contributed by atoms with Gasteiger partial charge in [0.1, 0.15) is 0 Å². The van der Waals surface area contributed by atoms with Gasteiger partial charge >= 0.3 is 5.82 Å². The summed E-state index contributed by atoms with van der Waals surface area (Å²) in [6, 6.07) is 0. The van der Waals surface area contributed by atoms with E-state index in [0.29, 0.717) is 18.7 Å². The van der Waals surface area contributed by atoms with Crippen LogP contribution in [0.2, 0.25) is 0 Å². The minimum Gasteiger partial charge on any atom is -0.358 e. The first kappa shape index (κ1) is 11.4. The maximum absolute atomic E-state index is 10.5. The van der Waals surface area contributed by atoms with Crippen LogP contribution in [-0.4, -0.2) is 28.3 Å². The van der Waals surface area contributed by atoms with Gasteiger partial charge in [-0.25, -0.2) is 0 Å². The van der Waals surface area contributed by atoms with E-state index in [1.807, 2.05) is 7.05 Å². The fraction of sp³-hybridized carbons (Fsp3) is 0.444. The van der Waals surface area contributed by atoms with Crippen molar-refractivity contribution in [1.29, 1.82) is 0 Å². The Balaban J connectivity index is 2.75. The predicted molar refractivity (Wildman–Crippen MR) is 56.7 cm³/mol. The number of hydrogen-bond acceptors (Lipinski definition) is 4. The van der Waals surface area contributed by atoms with E-state index in [2.05, 4.69) is 17.0 Å². The van der Waals surface area contributed by atoms with Gasteiger partial charge in [0.15, 0.2) is 0 Å². The molecular formula is C9H14N4O2. The molecule has 0 radical (unpaired) electrons. The molecule has 15 heavy (non-hydrogen) atoms. The van der Waals surface area contributed by atoms with Crippen LogP contribution in [0.15, 0.2) is 18.3 Å². The van der Waals surface area contributed by atoms with Crippen LogP contribution in [-0.2, 0) is 6.54 Å². The molecule has 82 valence electrons. The Bertz CT molecular complexity index is 383. The highest BCUT2D eigenvalue weighted by atomic mass is 16.6. The first-order chi connectivity index (χ1) is 7.04. The van der Waals surface area contributed by atoms with Gasteiger partial charge in [-0.15, -0.1) is 0 Å². The van der Waals surface area contributed by atoms with Crippen LogP contribution in [0.25, 0.3) is 0 Å². The van der Waals surface area contributed by atoms with Crippen molar-refractivity contribution in [3.05, 3.63) is 34.0 Å². The molecule has 6 nitrogen and oxygen atoms in total. The number of nitrogens with one attached hydrogen (secondary N) is 1. The monoisotopic (exact) mass is 210 g/mol. The lowest BCUT2D eigenvalue weighted by Gasteiger charge is -2.01. The van der Waals surface area contributed by atoms with E-state index >= 15 is 0 Å². The second kappa shape index (κ2) is 4.70. The first-order valence-corrected chi connectivity index (χ1v) is 4.54. The Labute approximate surface area is 87.7 Å². The number of hydrogen-bond donors (Lipinski definition) is 1. The topological polar surface area (TPSA) is 73.0 Å². The number of aromatic nitrogens is 2. The molecule has 0 saturated carbocycles. The third-order valence-corrected chi connectivity index (χ3v) is 1.90. The SMILES string of the molecule is C=C(CNC)Cn1cc(C)c([N+](=O)[O-])n1.